The van der Waals surface area contributed by atoms with Crippen molar-refractivity contribution in [2.45, 2.75) is 13.8 Å². The molecular formula is C20H18N2O4. The van der Waals surface area contributed by atoms with Gasteiger partial charge in [-0.3, -0.25) is 14.9 Å². The van der Waals surface area contributed by atoms with Gasteiger partial charge in [0.1, 0.15) is 11.3 Å². The number of hydrogen-bond acceptors (Lipinski definition) is 4. The molecule has 1 aliphatic heterocycles. The molecule has 26 heavy (non-hydrogen) atoms. The van der Waals surface area contributed by atoms with Crippen molar-refractivity contribution in [3.05, 3.63) is 64.7 Å². The summed E-state index contributed by atoms with van der Waals surface area (Å²) in [5, 5.41) is 2.22. The third-order valence-electron chi connectivity index (χ3n) is 4.17. The first-order valence-electron chi connectivity index (χ1n) is 8.03. The van der Waals surface area contributed by atoms with E-state index >= 15 is 0 Å². The largest absolute Gasteiger partial charge is 0.497 e. The Labute approximate surface area is 151 Å². The maximum Gasteiger partial charge on any atom is 0.335 e. The SMILES string of the molecule is COc1ccc(/C=C2\C(=O)NC(=O)N(c3ccc(C)cc3)C2=O)c(C)c1. The molecule has 2 aromatic rings. The highest BCUT2D eigenvalue weighted by atomic mass is 16.5. The third kappa shape index (κ3) is 3.21. The molecule has 132 valence electrons. The predicted octanol–water partition coefficient (Wildman–Crippen LogP) is 2.98. The first kappa shape index (κ1) is 17.4. The summed E-state index contributed by atoms with van der Waals surface area (Å²) >= 11 is 0. The number of nitrogens with one attached hydrogen (secondary N) is 1. The average molecular weight is 350 g/mol. The van der Waals surface area contributed by atoms with Gasteiger partial charge >= 0.3 is 6.03 Å². The lowest BCUT2D eigenvalue weighted by atomic mass is 10.0. The van der Waals surface area contributed by atoms with Crippen molar-refractivity contribution < 1.29 is 19.1 Å². The minimum Gasteiger partial charge on any atom is -0.497 e. The number of benzene rings is 2. The fourth-order valence-corrected chi connectivity index (χ4v) is 2.68. The van der Waals surface area contributed by atoms with Crippen molar-refractivity contribution >= 4 is 29.6 Å². The van der Waals surface area contributed by atoms with Crippen LogP contribution in [0.3, 0.4) is 0 Å². The summed E-state index contributed by atoms with van der Waals surface area (Å²) in [5.41, 5.74) is 2.85. The van der Waals surface area contributed by atoms with Crippen LogP contribution in [0.2, 0.25) is 0 Å². The second kappa shape index (κ2) is 6.84. The van der Waals surface area contributed by atoms with Crippen molar-refractivity contribution in [2.24, 2.45) is 0 Å². The first-order valence-corrected chi connectivity index (χ1v) is 8.03. The predicted molar refractivity (Wildman–Crippen MR) is 97.9 cm³/mol. The summed E-state index contributed by atoms with van der Waals surface area (Å²) in [6.07, 6.45) is 1.49. The van der Waals surface area contributed by atoms with Gasteiger partial charge in [-0.2, -0.15) is 0 Å². The number of anilines is 1. The molecule has 0 aliphatic carbocycles. The maximum atomic E-state index is 12.8. The smallest absolute Gasteiger partial charge is 0.335 e. The number of methoxy groups -OCH3 is 1. The number of barbiturate groups is 1. The van der Waals surface area contributed by atoms with E-state index in [0.29, 0.717) is 17.0 Å². The number of rotatable bonds is 3. The van der Waals surface area contributed by atoms with Crippen LogP contribution in [-0.4, -0.2) is 25.0 Å². The monoisotopic (exact) mass is 350 g/mol. The summed E-state index contributed by atoms with van der Waals surface area (Å²) in [7, 11) is 1.57. The van der Waals surface area contributed by atoms with Crippen LogP contribution in [0.4, 0.5) is 10.5 Å². The van der Waals surface area contributed by atoms with Crippen LogP contribution < -0.4 is 15.0 Å². The second-order valence-electron chi connectivity index (χ2n) is 6.02. The molecule has 0 aromatic heterocycles. The van der Waals surface area contributed by atoms with E-state index in [1.807, 2.05) is 13.8 Å². The molecular weight excluding hydrogens is 332 g/mol. The average Bonchev–Trinajstić information content (AvgIpc) is 2.61. The van der Waals surface area contributed by atoms with Crippen molar-refractivity contribution in [3.63, 3.8) is 0 Å². The molecule has 1 fully saturated rings. The molecule has 1 saturated heterocycles. The van der Waals surface area contributed by atoms with Gasteiger partial charge in [-0.05, 0) is 55.3 Å². The molecule has 0 unspecified atom stereocenters. The lowest BCUT2D eigenvalue weighted by Gasteiger charge is -2.26. The van der Waals surface area contributed by atoms with Crippen molar-refractivity contribution in [3.8, 4) is 5.75 Å². The lowest BCUT2D eigenvalue weighted by molar-refractivity contribution is -0.122. The fourth-order valence-electron chi connectivity index (χ4n) is 2.68. The molecule has 4 amide bonds. The standard InChI is InChI=1S/C20H18N2O4/c1-12-4-7-15(8-5-12)22-19(24)17(18(23)21-20(22)25)11-14-6-9-16(26-3)10-13(14)2/h4-11H,1-3H3,(H,21,23,25)/b17-11+. The van der Waals surface area contributed by atoms with E-state index in [9.17, 15) is 14.4 Å². The zero-order valence-electron chi connectivity index (χ0n) is 14.7. The first-order chi connectivity index (χ1) is 12.4. The Bertz CT molecular complexity index is 929. The van der Waals surface area contributed by atoms with Crippen LogP contribution in [0.25, 0.3) is 6.08 Å². The van der Waals surface area contributed by atoms with E-state index in [1.165, 1.54) is 6.08 Å². The highest BCUT2D eigenvalue weighted by molar-refractivity contribution is 6.39. The molecule has 6 heteroatoms. The van der Waals surface area contributed by atoms with Crippen LogP contribution in [0.1, 0.15) is 16.7 Å². The van der Waals surface area contributed by atoms with E-state index in [1.54, 1.807) is 49.6 Å². The highest BCUT2D eigenvalue weighted by Gasteiger charge is 2.36. The van der Waals surface area contributed by atoms with Crippen LogP contribution in [0, 0.1) is 13.8 Å². The van der Waals surface area contributed by atoms with Gasteiger partial charge in [-0.15, -0.1) is 0 Å². The molecule has 3 rings (SSSR count). The zero-order valence-corrected chi connectivity index (χ0v) is 14.7. The number of carbonyl (C=O) groups is 3. The summed E-state index contributed by atoms with van der Waals surface area (Å²) in [5.74, 6) is -0.683. The minimum atomic E-state index is -0.757. The molecule has 0 radical (unpaired) electrons. The van der Waals surface area contributed by atoms with Crippen LogP contribution in [0.5, 0.6) is 5.75 Å². The Morgan fingerprint density at radius 2 is 1.69 bits per heavy atom. The number of amides is 4. The van der Waals surface area contributed by atoms with Crippen LogP contribution in [-0.2, 0) is 9.59 Å². The van der Waals surface area contributed by atoms with Crippen molar-refractivity contribution in [2.75, 3.05) is 12.0 Å². The van der Waals surface area contributed by atoms with Gasteiger partial charge in [-0.25, -0.2) is 9.69 Å². The molecule has 0 atom stereocenters. The van der Waals surface area contributed by atoms with Crippen molar-refractivity contribution in [1.29, 1.82) is 0 Å². The highest BCUT2D eigenvalue weighted by Crippen LogP contribution is 2.24. The van der Waals surface area contributed by atoms with E-state index in [4.69, 9.17) is 4.74 Å². The molecule has 1 N–H and O–H groups in total. The lowest BCUT2D eigenvalue weighted by Crippen LogP contribution is -2.54. The van der Waals surface area contributed by atoms with Gasteiger partial charge in [0.2, 0.25) is 0 Å². The molecule has 0 bridgehead atoms. The fraction of sp³-hybridized carbons (Fsp3) is 0.150. The van der Waals surface area contributed by atoms with E-state index in [2.05, 4.69) is 5.32 Å². The van der Waals surface area contributed by atoms with E-state index in [-0.39, 0.29) is 5.57 Å². The molecule has 6 nitrogen and oxygen atoms in total. The van der Waals surface area contributed by atoms with Gasteiger partial charge < -0.3 is 4.74 Å². The number of hydrogen-bond donors (Lipinski definition) is 1. The van der Waals surface area contributed by atoms with E-state index < -0.39 is 17.8 Å². The van der Waals surface area contributed by atoms with Gasteiger partial charge in [0.15, 0.2) is 0 Å². The van der Waals surface area contributed by atoms with Gasteiger partial charge in [-0.1, -0.05) is 23.8 Å². The van der Waals surface area contributed by atoms with E-state index in [0.717, 1.165) is 16.0 Å². The number of urea groups is 1. The number of aryl methyl sites for hydroxylation is 2. The Balaban J connectivity index is 2.01. The Hall–Kier alpha value is -3.41. The summed E-state index contributed by atoms with van der Waals surface area (Å²) < 4.78 is 5.16. The van der Waals surface area contributed by atoms with Gasteiger partial charge in [0.25, 0.3) is 11.8 Å². The number of carbonyl (C=O) groups excluding carboxylic acids is 3. The third-order valence-corrected chi connectivity index (χ3v) is 4.17. The Morgan fingerprint density at radius 1 is 1.00 bits per heavy atom. The zero-order chi connectivity index (χ0) is 18.8. The van der Waals surface area contributed by atoms with Crippen LogP contribution in [0.15, 0.2) is 48.0 Å². The topological polar surface area (TPSA) is 75.7 Å². The van der Waals surface area contributed by atoms with Crippen molar-refractivity contribution in [1.82, 2.24) is 5.32 Å². The number of imide groups is 2. The Morgan fingerprint density at radius 3 is 2.31 bits per heavy atom. The minimum absolute atomic E-state index is 0.0987. The summed E-state index contributed by atoms with van der Waals surface area (Å²) in [6, 6.07) is 11.5. The normalized spacial score (nSPS) is 16.0. The van der Waals surface area contributed by atoms with Crippen LogP contribution >= 0.6 is 0 Å². The number of nitrogens with zero attached hydrogens (tertiary/aromatic N) is 1. The molecule has 0 spiro atoms. The quantitative estimate of drug-likeness (QED) is 0.682. The summed E-state index contributed by atoms with van der Waals surface area (Å²) in [6.45, 7) is 3.76. The summed E-state index contributed by atoms with van der Waals surface area (Å²) in [4.78, 5) is 38.2. The number of ether oxygens (including phenoxy) is 1. The molecule has 1 heterocycles. The van der Waals surface area contributed by atoms with Gasteiger partial charge in [0.05, 0.1) is 12.8 Å². The molecule has 0 saturated carbocycles. The Kier molecular flexibility index (Phi) is 4.58. The van der Waals surface area contributed by atoms with Gasteiger partial charge in [0, 0.05) is 0 Å². The maximum absolute atomic E-state index is 12.8. The molecule has 1 aliphatic rings. The molecule has 2 aromatic carbocycles. The second-order valence-corrected chi connectivity index (χ2v) is 6.02.